The van der Waals surface area contributed by atoms with Crippen molar-refractivity contribution in [3.8, 4) is 23.5 Å². The molecule has 0 radical (unpaired) electrons. The fourth-order valence-electron chi connectivity index (χ4n) is 9.52. The summed E-state index contributed by atoms with van der Waals surface area (Å²) in [5.41, 5.74) is 2.92. The molecule has 4 aromatic heterocycles. The van der Waals surface area contributed by atoms with Crippen LogP contribution in [-0.4, -0.2) is 94.5 Å². The number of benzene rings is 2. The van der Waals surface area contributed by atoms with Gasteiger partial charge < -0.3 is 33.8 Å². The Kier molecular flexibility index (Phi) is 15.6. The van der Waals surface area contributed by atoms with Gasteiger partial charge in [-0.3, -0.25) is 0 Å². The minimum atomic E-state index is -5.01. The second-order valence-electron chi connectivity index (χ2n) is 18.2. The van der Waals surface area contributed by atoms with Gasteiger partial charge in [-0.15, -0.1) is 15.3 Å². The highest BCUT2D eigenvalue weighted by Gasteiger charge is 2.45. The zero-order valence-corrected chi connectivity index (χ0v) is 40.5. The third kappa shape index (κ3) is 13.7. The summed E-state index contributed by atoms with van der Waals surface area (Å²) < 4.78 is 202. The van der Waals surface area contributed by atoms with E-state index in [1.54, 1.807) is 6.92 Å². The zero-order valence-electron chi connectivity index (χ0n) is 39.0. The Bertz CT molecular complexity index is 2890. The molecule has 2 saturated heterocycles. The molecule has 32 heteroatoms. The normalized spacial score (nSPS) is 21.7. The first-order valence-corrected chi connectivity index (χ1v) is 23.5. The molecule has 2 aliphatic carbocycles. The van der Waals surface area contributed by atoms with Crippen molar-refractivity contribution < 1.29 is 79.8 Å². The number of hydrogen-bond donors (Lipinski definition) is 1. The first-order valence-electron chi connectivity index (χ1n) is 22.7. The van der Waals surface area contributed by atoms with Crippen LogP contribution < -0.4 is 25.0 Å². The summed E-state index contributed by atoms with van der Waals surface area (Å²) in [5.74, 6) is -1.29. The van der Waals surface area contributed by atoms with E-state index in [9.17, 15) is 61.5 Å². The van der Waals surface area contributed by atoms with Crippen LogP contribution in [0.5, 0.6) is 23.5 Å². The van der Waals surface area contributed by atoms with Gasteiger partial charge in [-0.2, -0.15) is 67.8 Å². The highest BCUT2D eigenvalue weighted by Crippen LogP contribution is 2.45. The maximum absolute atomic E-state index is 13.6. The Morgan fingerprint density at radius 1 is 0.600 bits per heavy atom. The maximum Gasteiger partial charge on any atom is 0.419 e. The average Bonchev–Trinajstić information content (AvgIpc) is 4.15. The first-order chi connectivity index (χ1) is 35.0. The van der Waals surface area contributed by atoms with Crippen LogP contribution in [0.3, 0.4) is 0 Å². The van der Waals surface area contributed by atoms with E-state index >= 15 is 0 Å². The van der Waals surface area contributed by atoms with Crippen LogP contribution in [0.25, 0.3) is 0 Å². The molecule has 408 valence electrons. The number of ether oxygens (including phenoxy) is 2. The number of aryl methyl sites for hydroxylation is 2. The van der Waals surface area contributed by atoms with Crippen LogP contribution in [0.15, 0.2) is 50.0 Å². The summed E-state index contributed by atoms with van der Waals surface area (Å²) in [6, 6.07) is 3.55. The summed E-state index contributed by atoms with van der Waals surface area (Å²) in [6.45, 7) is 3.60. The molecule has 75 heavy (non-hydrogen) atoms. The molecule has 4 atom stereocenters. The number of rotatable bonds is 10. The molecule has 17 nitrogen and oxygen atoms in total. The van der Waals surface area contributed by atoms with Gasteiger partial charge in [0.05, 0.1) is 11.1 Å². The molecule has 0 amide bonds. The molecule has 4 fully saturated rings. The summed E-state index contributed by atoms with van der Waals surface area (Å²) >= 11 is 2.73. The standard InChI is InChI=1S/C22H21F7N6O2.C11H5BrF7N3O.C10H16N4O/c1-11-31-32-20(36-11)34-8-12-2-3-13(9-34)15(12)7-18-30-19(35(33-18)10-21(24,25)26)37-14-4-5-17(23)16(6-14)22(27,28)29;12-8-20-9(22(21-8)4-10(14,15)16)23-5-1-2-7(13)6(3-5)11(17,18)19;1-6-12-13-10(15-6)14-4-7-2-3-8(5-14)9(7)11/h4-6,12-13,15H,2-3,7-10H2,1H3;1-3H,4H2;7-9H,2-5,11H2,1H3. The van der Waals surface area contributed by atoms with E-state index in [0.29, 0.717) is 88.4 Å². The quantitative estimate of drug-likeness (QED) is 0.127. The van der Waals surface area contributed by atoms with E-state index in [1.807, 2.05) is 11.8 Å². The molecule has 4 aliphatic rings. The fraction of sp³-hybridized carbons (Fsp3) is 0.535. The fourth-order valence-corrected chi connectivity index (χ4v) is 9.87. The van der Waals surface area contributed by atoms with Crippen molar-refractivity contribution in [1.82, 2.24) is 49.9 Å². The number of alkyl halides is 12. The van der Waals surface area contributed by atoms with Crippen LogP contribution in [-0.2, 0) is 31.9 Å². The topological polar surface area (TPSA) is 190 Å². The lowest BCUT2D eigenvalue weighted by Crippen LogP contribution is -2.48. The van der Waals surface area contributed by atoms with Crippen molar-refractivity contribution in [3.63, 3.8) is 0 Å². The van der Waals surface area contributed by atoms with E-state index in [1.165, 1.54) is 12.8 Å². The number of fused-ring (bicyclic) bond motifs is 4. The molecule has 4 bridgehead atoms. The number of halogens is 15. The molecule has 2 aromatic carbocycles. The lowest BCUT2D eigenvalue weighted by atomic mass is 9.82. The summed E-state index contributed by atoms with van der Waals surface area (Å²) in [4.78, 5) is 11.7. The zero-order chi connectivity index (χ0) is 54.4. The number of piperidine rings is 2. The van der Waals surface area contributed by atoms with Gasteiger partial charge in [0.1, 0.15) is 36.2 Å². The van der Waals surface area contributed by atoms with Gasteiger partial charge in [-0.1, -0.05) is 10.2 Å². The van der Waals surface area contributed by atoms with Crippen LogP contribution in [0, 0.1) is 55.1 Å². The van der Waals surface area contributed by atoms with Crippen molar-refractivity contribution >= 4 is 28.0 Å². The third-order valence-electron chi connectivity index (χ3n) is 12.8. The SMILES string of the molecule is Cc1nnc(N2CC3CCC(C2)C3Cc2nc(Oc3ccc(F)c(C(F)(F)F)c3)n(CC(F)(F)F)n2)o1.Cc1nnc(N2CC3CCC(C2)C3N)o1.Fc1ccc(Oc2nc(Br)nn2CC(F)(F)F)cc1C(F)(F)F. The number of aromatic nitrogens is 10. The molecular weight excluding hydrogens is 1110 g/mol. The van der Waals surface area contributed by atoms with E-state index in [4.69, 9.17) is 24.0 Å². The molecule has 6 heterocycles. The number of nitrogens with two attached hydrogens (primary N) is 1. The van der Waals surface area contributed by atoms with Gasteiger partial charge in [0.15, 0.2) is 5.82 Å². The minimum absolute atomic E-state index is 0.0810. The number of nitrogens with zero attached hydrogens (tertiary/aromatic N) is 12. The molecule has 10 rings (SSSR count). The molecule has 4 unspecified atom stereocenters. The van der Waals surface area contributed by atoms with Crippen LogP contribution >= 0.6 is 15.9 Å². The lowest BCUT2D eigenvalue weighted by molar-refractivity contribution is -0.144. The molecule has 6 aromatic rings. The Morgan fingerprint density at radius 3 is 1.43 bits per heavy atom. The summed E-state index contributed by atoms with van der Waals surface area (Å²) in [7, 11) is 0. The Morgan fingerprint density at radius 2 is 1.01 bits per heavy atom. The number of anilines is 2. The molecule has 2 saturated carbocycles. The average molecular weight is 1150 g/mol. The summed E-state index contributed by atoms with van der Waals surface area (Å²) in [6.07, 6.45) is -14.8. The second kappa shape index (κ2) is 21.4. The van der Waals surface area contributed by atoms with Gasteiger partial charge in [0.2, 0.25) is 16.5 Å². The first kappa shape index (κ1) is 54.9. The Hall–Kier alpha value is -6.34. The summed E-state index contributed by atoms with van der Waals surface area (Å²) in [5, 5.41) is 23.1. The van der Waals surface area contributed by atoms with Crippen molar-refractivity contribution in [2.45, 2.75) is 89.8 Å². The molecule has 2 aliphatic heterocycles. The van der Waals surface area contributed by atoms with E-state index in [-0.39, 0.29) is 34.7 Å². The van der Waals surface area contributed by atoms with E-state index in [0.717, 1.165) is 38.1 Å². The van der Waals surface area contributed by atoms with Crippen LogP contribution in [0.1, 0.15) is 54.4 Å². The van der Waals surface area contributed by atoms with Crippen molar-refractivity contribution in [1.29, 1.82) is 0 Å². The Labute approximate surface area is 422 Å². The largest absolute Gasteiger partial charge is 0.424 e. The highest BCUT2D eigenvalue weighted by molar-refractivity contribution is 9.10. The smallest absolute Gasteiger partial charge is 0.419 e. The van der Waals surface area contributed by atoms with Gasteiger partial charge in [-0.05, 0) is 108 Å². The van der Waals surface area contributed by atoms with Gasteiger partial charge in [0.25, 0.3) is 0 Å². The molecular formula is C43H42BrF14N13O4. The van der Waals surface area contributed by atoms with E-state index < -0.39 is 84.1 Å². The number of hydrogen-bond acceptors (Lipinski definition) is 15. The van der Waals surface area contributed by atoms with Crippen LogP contribution in [0.4, 0.5) is 73.5 Å². The van der Waals surface area contributed by atoms with Gasteiger partial charge in [-0.25, -0.2) is 18.1 Å². The predicted octanol–water partition coefficient (Wildman–Crippen LogP) is 10.3. The molecule has 2 N–H and O–H groups in total. The Balaban J connectivity index is 0.000000166. The predicted molar refractivity (Wildman–Crippen MR) is 233 cm³/mol. The second-order valence-corrected chi connectivity index (χ2v) is 18.9. The van der Waals surface area contributed by atoms with Gasteiger partial charge >= 0.3 is 48.8 Å². The lowest BCUT2D eigenvalue weighted by Gasteiger charge is -2.36. The van der Waals surface area contributed by atoms with Crippen molar-refractivity contribution in [2.75, 3.05) is 36.0 Å². The minimum Gasteiger partial charge on any atom is -0.424 e. The maximum atomic E-state index is 13.6. The molecule has 0 spiro atoms. The van der Waals surface area contributed by atoms with Crippen molar-refractivity contribution in [3.05, 3.63) is 81.5 Å². The van der Waals surface area contributed by atoms with Crippen molar-refractivity contribution in [2.24, 2.45) is 35.3 Å². The third-order valence-corrected chi connectivity index (χ3v) is 13.1. The van der Waals surface area contributed by atoms with Gasteiger partial charge in [0, 0.05) is 52.5 Å². The highest BCUT2D eigenvalue weighted by atomic mass is 79.9. The monoisotopic (exact) mass is 1150 g/mol. The van der Waals surface area contributed by atoms with Crippen LogP contribution in [0.2, 0.25) is 0 Å². The van der Waals surface area contributed by atoms with E-state index in [2.05, 4.69) is 61.4 Å².